The van der Waals surface area contributed by atoms with Crippen LogP contribution in [0.15, 0.2) is 97.7 Å². The first kappa shape index (κ1) is 26.0. The summed E-state index contributed by atoms with van der Waals surface area (Å²) >= 11 is 0. The van der Waals surface area contributed by atoms with Crippen LogP contribution in [0, 0.1) is 0 Å². The quantitative estimate of drug-likeness (QED) is 0.178. The minimum absolute atomic E-state index is 0.210. The second kappa shape index (κ2) is 14.0. The highest BCUT2D eigenvalue weighted by atomic mass is 16.5. The number of carbonyl (C=O) groups is 2. The van der Waals surface area contributed by atoms with Crippen LogP contribution in [0.2, 0.25) is 0 Å². The van der Waals surface area contributed by atoms with Gasteiger partial charge in [-0.1, -0.05) is 13.2 Å². The Balaban J connectivity index is 1.90. The van der Waals surface area contributed by atoms with Crippen molar-refractivity contribution >= 4 is 17.6 Å². The fourth-order valence-corrected chi connectivity index (χ4v) is 2.62. The molecule has 0 aromatic heterocycles. The van der Waals surface area contributed by atoms with Crippen molar-refractivity contribution in [2.45, 2.75) is 13.3 Å². The van der Waals surface area contributed by atoms with Gasteiger partial charge in [0.1, 0.15) is 17.3 Å². The van der Waals surface area contributed by atoms with Crippen LogP contribution in [0.1, 0.15) is 34.1 Å². The number of benzene rings is 2. The third kappa shape index (κ3) is 8.70. The molecule has 0 aliphatic rings. The number of nitrogens with one attached hydrogen (secondary N) is 1. The van der Waals surface area contributed by atoms with Gasteiger partial charge in [0.05, 0.1) is 30.6 Å². The van der Waals surface area contributed by atoms with E-state index in [2.05, 4.69) is 18.5 Å². The number of hydrogen-bond donors (Lipinski definition) is 1. The first-order valence-electron chi connectivity index (χ1n) is 10.7. The fourth-order valence-electron chi connectivity index (χ4n) is 2.62. The molecule has 178 valence electrons. The van der Waals surface area contributed by atoms with Gasteiger partial charge in [0, 0.05) is 19.2 Å². The summed E-state index contributed by atoms with van der Waals surface area (Å²) in [5.74, 6) is 0.136. The minimum atomic E-state index is -0.551. The zero-order valence-corrected chi connectivity index (χ0v) is 19.4. The molecule has 0 amide bonds. The highest BCUT2D eigenvalue weighted by Crippen LogP contribution is 2.16. The summed E-state index contributed by atoms with van der Waals surface area (Å²) in [4.78, 5) is 24.7. The number of rotatable bonds is 13. The van der Waals surface area contributed by atoms with E-state index in [1.54, 1.807) is 62.5 Å². The molecule has 2 aromatic rings. The molecular weight excluding hydrogens is 434 g/mol. The monoisotopic (exact) mass is 463 g/mol. The van der Waals surface area contributed by atoms with Gasteiger partial charge in [0.25, 0.3) is 0 Å². The summed E-state index contributed by atoms with van der Waals surface area (Å²) in [6, 6.07) is 13.5. The van der Waals surface area contributed by atoms with E-state index in [0.29, 0.717) is 42.3 Å². The van der Waals surface area contributed by atoms with Gasteiger partial charge in [0.15, 0.2) is 0 Å². The van der Waals surface area contributed by atoms with E-state index in [1.807, 2.05) is 0 Å². The van der Waals surface area contributed by atoms with Crippen LogP contribution in [0.3, 0.4) is 0 Å². The number of carbonyl (C=O) groups excluding carboxylic acids is 2. The van der Waals surface area contributed by atoms with Crippen LogP contribution in [0.5, 0.6) is 5.75 Å². The summed E-state index contributed by atoms with van der Waals surface area (Å²) in [7, 11) is 1.80. The van der Waals surface area contributed by atoms with Crippen molar-refractivity contribution in [3.8, 4) is 5.75 Å². The molecule has 0 bridgehead atoms. The number of hydrogen-bond acceptors (Lipinski definition) is 7. The summed E-state index contributed by atoms with van der Waals surface area (Å²) in [5, 5.41) is 2.98. The molecule has 0 heterocycles. The maximum Gasteiger partial charge on any atom is 0.343 e. The summed E-state index contributed by atoms with van der Waals surface area (Å²) < 4.78 is 21.3. The third-order valence-corrected chi connectivity index (χ3v) is 4.44. The van der Waals surface area contributed by atoms with E-state index in [1.165, 1.54) is 24.5 Å². The Morgan fingerprint density at radius 3 is 2.09 bits per heavy atom. The predicted octanol–water partition coefficient (Wildman–Crippen LogP) is 5.64. The maximum atomic E-state index is 12.4. The molecule has 0 saturated heterocycles. The van der Waals surface area contributed by atoms with Crippen LogP contribution in [-0.4, -0.2) is 32.2 Å². The van der Waals surface area contributed by atoms with Gasteiger partial charge in [-0.25, -0.2) is 9.59 Å². The molecule has 0 atom stereocenters. The smallest absolute Gasteiger partial charge is 0.343 e. The van der Waals surface area contributed by atoms with Crippen LogP contribution >= 0.6 is 0 Å². The molecule has 7 heteroatoms. The van der Waals surface area contributed by atoms with Gasteiger partial charge in [-0.05, 0) is 73.7 Å². The molecule has 0 fully saturated rings. The lowest BCUT2D eigenvalue weighted by atomic mass is 10.2. The van der Waals surface area contributed by atoms with E-state index < -0.39 is 11.9 Å². The second-order valence-electron chi connectivity index (χ2n) is 6.92. The van der Waals surface area contributed by atoms with Crippen molar-refractivity contribution in [3.63, 3.8) is 0 Å². The van der Waals surface area contributed by atoms with Crippen LogP contribution in [-0.2, 0) is 14.2 Å². The van der Waals surface area contributed by atoms with E-state index in [9.17, 15) is 9.59 Å². The van der Waals surface area contributed by atoms with Gasteiger partial charge >= 0.3 is 11.9 Å². The molecule has 0 radical (unpaired) electrons. The molecule has 0 aliphatic heterocycles. The number of allylic oxidation sites excluding steroid dienone is 4. The normalized spacial score (nSPS) is 11.2. The average Bonchev–Trinajstić information content (AvgIpc) is 2.86. The van der Waals surface area contributed by atoms with Crippen LogP contribution < -0.4 is 10.1 Å². The Labute approximate surface area is 200 Å². The third-order valence-electron chi connectivity index (χ3n) is 4.44. The summed E-state index contributed by atoms with van der Waals surface area (Å²) in [6.45, 7) is 9.77. The molecule has 7 nitrogen and oxygen atoms in total. The lowest BCUT2D eigenvalue weighted by Gasteiger charge is -2.08. The highest BCUT2D eigenvalue weighted by molar-refractivity contribution is 5.91. The van der Waals surface area contributed by atoms with Gasteiger partial charge in [-0.3, -0.25) is 0 Å². The largest absolute Gasteiger partial charge is 0.502 e. The molecule has 0 spiro atoms. The zero-order valence-electron chi connectivity index (χ0n) is 19.4. The Bertz CT molecular complexity index is 1040. The Morgan fingerprint density at radius 2 is 1.50 bits per heavy atom. The van der Waals surface area contributed by atoms with Crippen molar-refractivity contribution in [1.29, 1.82) is 0 Å². The molecule has 0 unspecified atom stereocenters. The van der Waals surface area contributed by atoms with Gasteiger partial charge in [-0.2, -0.15) is 0 Å². The van der Waals surface area contributed by atoms with E-state index >= 15 is 0 Å². The first-order chi connectivity index (χ1) is 16.5. The Morgan fingerprint density at radius 1 is 0.882 bits per heavy atom. The lowest BCUT2D eigenvalue weighted by molar-refractivity contribution is 0.0616. The van der Waals surface area contributed by atoms with E-state index in [4.69, 9.17) is 18.9 Å². The van der Waals surface area contributed by atoms with Crippen LogP contribution in [0.25, 0.3) is 0 Å². The van der Waals surface area contributed by atoms with Crippen molar-refractivity contribution in [1.82, 2.24) is 0 Å². The Hall–Kier alpha value is -4.26. The minimum Gasteiger partial charge on any atom is -0.502 e. The van der Waals surface area contributed by atoms with Gasteiger partial charge < -0.3 is 24.3 Å². The molecule has 0 aliphatic carbocycles. The predicted molar refractivity (Wildman–Crippen MR) is 132 cm³/mol. The average molecular weight is 464 g/mol. The SMILES string of the molecule is C=COCCCOc1ccc(C(=O)O/C(C=C)=C/C=C(\C)OC(=O)c2ccc(NC)cc2)cc1. The Kier molecular flexibility index (Phi) is 10.7. The molecule has 2 rings (SSSR count). The lowest BCUT2D eigenvalue weighted by Crippen LogP contribution is -2.05. The molecule has 2 aromatic carbocycles. The molecule has 0 saturated carbocycles. The molecule has 34 heavy (non-hydrogen) atoms. The first-order valence-corrected chi connectivity index (χ1v) is 10.7. The van der Waals surface area contributed by atoms with Gasteiger partial charge in [0.2, 0.25) is 0 Å². The van der Waals surface area contributed by atoms with E-state index in [-0.39, 0.29) is 5.76 Å². The highest BCUT2D eigenvalue weighted by Gasteiger charge is 2.10. The van der Waals surface area contributed by atoms with Crippen molar-refractivity contribution < 1.29 is 28.5 Å². The number of anilines is 1. The summed E-state index contributed by atoms with van der Waals surface area (Å²) in [6.07, 6.45) is 6.52. The van der Waals surface area contributed by atoms with Crippen molar-refractivity contribution in [2.24, 2.45) is 0 Å². The number of ether oxygens (including phenoxy) is 4. The summed E-state index contributed by atoms with van der Waals surface area (Å²) in [5.41, 5.74) is 1.66. The van der Waals surface area contributed by atoms with Crippen molar-refractivity contribution in [2.75, 3.05) is 25.6 Å². The molecular formula is C27H29NO6. The zero-order chi connectivity index (χ0) is 24.8. The number of esters is 2. The van der Waals surface area contributed by atoms with Gasteiger partial charge in [-0.15, -0.1) is 0 Å². The second-order valence-corrected chi connectivity index (χ2v) is 6.92. The topological polar surface area (TPSA) is 83.1 Å². The maximum absolute atomic E-state index is 12.4. The molecule has 1 N–H and O–H groups in total. The van der Waals surface area contributed by atoms with E-state index in [0.717, 1.165) is 5.69 Å². The van der Waals surface area contributed by atoms with Crippen LogP contribution in [0.4, 0.5) is 5.69 Å². The van der Waals surface area contributed by atoms with Crippen molar-refractivity contribution in [3.05, 3.63) is 109 Å². The standard InChI is InChI=1S/C27H29NO6/c1-5-24(15-8-20(3)33-26(29)21-9-13-23(28-4)14-10-21)34-27(30)22-11-16-25(17-12-22)32-19-7-18-31-6-2/h5-6,8-17,28H,1-2,7,18-19H2,3-4H3/b20-8+,24-15+. The fraction of sp³-hybridized carbons (Fsp3) is 0.185.